The molecule has 0 spiro atoms. The van der Waals surface area contributed by atoms with E-state index in [-0.39, 0.29) is 11.8 Å². The van der Waals surface area contributed by atoms with Gasteiger partial charge < -0.3 is 15.8 Å². The Hall–Kier alpha value is -1.85. The molecule has 4 nitrogen and oxygen atoms in total. The second-order valence-electron chi connectivity index (χ2n) is 5.48. The van der Waals surface area contributed by atoms with Crippen LogP contribution in [-0.2, 0) is 11.3 Å². The van der Waals surface area contributed by atoms with Gasteiger partial charge in [-0.05, 0) is 47.9 Å². The molecule has 0 aliphatic carbocycles. The van der Waals surface area contributed by atoms with Crippen LogP contribution in [0.15, 0.2) is 36.4 Å². The first-order chi connectivity index (χ1) is 10.5. The zero-order chi connectivity index (χ0) is 16.1. The number of methoxy groups -OCH3 is 1. The van der Waals surface area contributed by atoms with Crippen molar-refractivity contribution < 1.29 is 9.53 Å². The van der Waals surface area contributed by atoms with Crippen molar-refractivity contribution in [1.82, 2.24) is 5.32 Å². The van der Waals surface area contributed by atoms with E-state index in [2.05, 4.69) is 11.4 Å². The average Bonchev–Trinajstić information content (AvgIpc) is 3.00. The van der Waals surface area contributed by atoms with Crippen molar-refractivity contribution in [3.8, 4) is 16.2 Å². The van der Waals surface area contributed by atoms with E-state index < -0.39 is 6.04 Å². The highest BCUT2D eigenvalue weighted by molar-refractivity contribution is 7.15. The molecule has 1 atom stereocenters. The molecule has 2 aromatic rings. The minimum atomic E-state index is -0.457. The maximum absolute atomic E-state index is 11.9. The smallest absolute Gasteiger partial charge is 0.237 e. The van der Waals surface area contributed by atoms with Crippen LogP contribution in [-0.4, -0.2) is 19.1 Å². The largest absolute Gasteiger partial charge is 0.497 e. The van der Waals surface area contributed by atoms with Gasteiger partial charge in [0.15, 0.2) is 0 Å². The van der Waals surface area contributed by atoms with Crippen LogP contribution < -0.4 is 15.8 Å². The van der Waals surface area contributed by atoms with E-state index in [0.29, 0.717) is 6.54 Å². The molecular formula is C17H22N2O2S. The Morgan fingerprint density at radius 2 is 1.91 bits per heavy atom. The van der Waals surface area contributed by atoms with Gasteiger partial charge in [-0.25, -0.2) is 0 Å². The zero-order valence-corrected chi connectivity index (χ0v) is 13.9. The third-order valence-electron chi connectivity index (χ3n) is 3.49. The quantitative estimate of drug-likeness (QED) is 0.860. The van der Waals surface area contributed by atoms with Crippen LogP contribution in [0.4, 0.5) is 0 Å². The lowest BCUT2D eigenvalue weighted by molar-refractivity contribution is -0.123. The Bertz CT molecular complexity index is 620. The summed E-state index contributed by atoms with van der Waals surface area (Å²) in [6.07, 6.45) is 0. The van der Waals surface area contributed by atoms with E-state index in [1.165, 1.54) is 4.88 Å². The summed E-state index contributed by atoms with van der Waals surface area (Å²) in [5.41, 5.74) is 6.97. The molecule has 0 saturated carbocycles. The van der Waals surface area contributed by atoms with Gasteiger partial charge in [-0.15, -0.1) is 11.3 Å². The summed E-state index contributed by atoms with van der Waals surface area (Å²) in [6, 6.07) is 11.6. The molecule has 1 amide bonds. The van der Waals surface area contributed by atoms with Gasteiger partial charge in [0.25, 0.3) is 0 Å². The van der Waals surface area contributed by atoms with Gasteiger partial charge in [-0.2, -0.15) is 0 Å². The summed E-state index contributed by atoms with van der Waals surface area (Å²) in [5.74, 6) is 0.878. The molecule has 0 bridgehead atoms. The molecule has 0 radical (unpaired) electrons. The molecule has 3 N–H and O–H groups in total. The molecule has 0 aliphatic rings. The molecule has 1 aromatic carbocycles. The topological polar surface area (TPSA) is 64.3 Å². The van der Waals surface area contributed by atoms with Gasteiger partial charge in [0.2, 0.25) is 5.91 Å². The third kappa shape index (κ3) is 4.08. The highest BCUT2D eigenvalue weighted by Gasteiger charge is 2.16. The Kier molecular flexibility index (Phi) is 5.57. The molecular weight excluding hydrogens is 296 g/mol. The number of rotatable bonds is 6. The minimum Gasteiger partial charge on any atom is -0.497 e. The molecule has 0 fully saturated rings. The predicted octanol–water partition coefficient (Wildman–Crippen LogP) is 3.02. The van der Waals surface area contributed by atoms with E-state index in [0.717, 1.165) is 16.2 Å². The second kappa shape index (κ2) is 7.42. The fraction of sp³-hybridized carbons (Fsp3) is 0.353. The molecule has 22 heavy (non-hydrogen) atoms. The van der Waals surface area contributed by atoms with Crippen molar-refractivity contribution in [2.75, 3.05) is 7.11 Å². The molecule has 0 aliphatic heterocycles. The van der Waals surface area contributed by atoms with Gasteiger partial charge in [0, 0.05) is 9.75 Å². The standard InChI is InChI=1S/C17H22N2O2S/c1-11(2)16(18)17(20)19-10-14-8-9-15(22-14)12-4-6-13(21-3)7-5-12/h4-9,11,16H,10,18H2,1-3H3,(H,19,20)/t16-/m0/s1. The number of hydrogen-bond donors (Lipinski definition) is 2. The second-order valence-corrected chi connectivity index (χ2v) is 6.65. The first kappa shape index (κ1) is 16.5. The molecule has 1 heterocycles. The van der Waals surface area contributed by atoms with Crippen LogP contribution in [0.2, 0.25) is 0 Å². The Morgan fingerprint density at radius 3 is 2.50 bits per heavy atom. The Labute approximate surface area is 135 Å². The third-order valence-corrected chi connectivity index (χ3v) is 4.63. The van der Waals surface area contributed by atoms with E-state index in [1.54, 1.807) is 18.4 Å². The van der Waals surface area contributed by atoms with E-state index in [4.69, 9.17) is 10.5 Å². The number of nitrogens with one attached hydrogen (secondary N) is 1. The van der Waals surface area contributed by atoms with Crippen molar-refractivity contribution in [1.29, 1.82) is 0 Å². The number of carbonyl (C=O) groups is 1. The van der Waals surface area contributed by atoms with Crippen molar-refractivity contribution in [2.45, 2.75) is 26.4 Å². The number of thiophene rings is 1. The number of hydrogen-bond acceptors (Lipinski definition) is 4. The minimum absolute atomic E-state index is 0.102. The molecule has 2 rings (SSSR count). The number of ether oxygens (including phenoxy) is 1. The fourth-order valence-corrected chi connectivity index (χ4v) is 2.93. The number of benzene rings is 1. The molecule has 118 valence electrons. The average molecular weight is 318 g/mol. The van der Waals surface area contributed by atoms with Crippen LogP contribution in [0, 0.1) is 5.92 Å². The van der Waals surface area contributed by atoms with Gasteiger partial charge in [0.05, 0.1) is 19.7 Å². The monoisotopic (exact) mass is 318 g/mol. The van der Waals surface area contributed by atoms with Gasteiger partial charge in [-0.1, -0.05) is 13.8 Å². The first-order valence-electron chi connectivity index (χ1n) is 7.27. The van der Waals surface area contributed by atoms with Crippen molar-refractivity contribution >= 4 is 17.2 Å². The van der Waals surface area contributed by atoms with Crippen molar-refractivity contribution in [3.05, 3.63) is 41.3 Å². The highest BCUT2D eigenvalue weighted by Crippen LogP contribution is 2.29. The molecule has 1 aromatic heterocycles. The number of carbonyl (C=O) groups excluding carboxylic acids is 1. The number of nitrogens with two attached hydrogens (primary N) is 1. The van der Waals surface area contributed by atoms with Crippen LogP contribution in [0.25, 0.3) is 10.4 Å². The van der Waals surface area contributed by atoms with Crippen LogP contribution in [0.3, 0.4) is 0 Å². The molecule has 0 unspecified atom stereocenters. The normalized spacial score (nSPS) is 12.2. The maximum Gasteiger partial charge on any atom is 0.237 e. The lowest BCUT2D eigenvalue weighted by Gasteiger charge is -2.14. The summed E-state index contributed by atoms with van der Waals surface area (Å²) >= 11 is 1.67. The first-order valence-corrected chi connectivity index (χ1v) is 8.09. The molecule has 5 heteroatoms. The highest BCUT2D eigenvalue weighted by atomic mass is 32.1. The van der Waals surface area contributed by atoms with E-state index in [1.807, 2.05) is 44.2 Å². The zero-order valence-electron chi connectivity index (χ0n) is 13.1. The van der Waals surface area contributed by atoms with Crippen molar-refractivity contribution in [2.24, 2.45) is 11.7 Å². The molecule has 0 saturated heterocycles. The lowest BCUT2D eigenvalue weighted by atomic mass is 10.1. The summed E-state index contributed by atoms with van der Waals surface area (Å²) in [6.45, 7) is 4.40. The van der Waals surface area contributed by atoms with E-state index >= 15 is 0 Å². The SMILES string of the molecule is COc1ccc(-c2ccc(CNC(=O)[C@@H](N)C(C)C)s2)cc1. The summed E-state index contributed by atoms with van der Waals surface area (Å²) in [5, 5.41) is 2.89. The lowest BCUT2D eigenvalue weighted by Crippen LogP contribution is -2.43. The van der Waals surface area contributed by atoms with Crippen LogP contribution >= 0.6 is 11.3 Å². The summed E-state index contributed by atoms with van der Waals surface area (Å²) in [4.78, 5) is 14.1. The van der Waals surface area contributed by atoms with Gasteiger partial charge in [-0.3, -0.25) is 4.79 Å². The fourth-order valence-electron chi connectivity index (χ4n) is 1.98. The Morgan fingerprint density at radius 1 is 1.23 bits per heavy atom. The predicted molar refractivity (Wildman–Crippen MR) is 91.0 cm³/mol. The number of amides is 1. The summed E-state index contributed by atoms with van der Waals surface area (Å²) in [7, 11) is 1.66. The maximum atomic E-state index is 11.9. The van der Waals surface area contributed by atoms with Crippen LogP contribution in [0.5, 0.6) is 5.75 Å². The van der Waals surface area contributed by atoms with Crippen LogP contribution in [0.1, 0.15) is 18.7 Å². The Balaban J connectivity index is 1.97. The van der Waals surface area contributed by atoms with E-state index in [9.17, 15) is 4.79 Å². The van der Waals surface area contributed by atoms with Gasteiger partial charge in [0.1, 0.15) is 5.75 Å². The van der Waals surface area contributed by atoms with Crippen molar-refractivity contribution in [3.63, 3.8) is 0 Å². The summed E-state index contributed by atoms with van der Waals surface area (Å²) < 4.78 is 5.16. The van der Waals surface area contributed by atoms with Gasteiger partial charge >= 0.3 is 0 Å².